The Morgan fingerprint density at radius 1 is 1.03 bits per heavy atom. The van der Waals surface area contributed by atoms with E-state index in [-0.39, 0.29) is 18.0 Å². The van der Waals surface area contributed by atoms with Gasteiger partial charge in [-0.05, 0) is 19.1 Å². The quantitative estimate of drug-likeness (QED) is 0.554. The van der Waals surface area contributed by atoms with Crippen LogP contribution < -0.4 is 4.74 Å². The van der Waals surface area contributed by atoms with Crippen LogP contribution in [0.25, 0.3) is 0 Å². The molecule has 6 rings (SSSR count). The fourth-order valence-electron chi connectivity index (χ4n) is 5.51. The SMILES string of the molecule is CC(=O)OC1C[N+]2(COC(=O)C3(C)c4ccccc4Oc4ccccc43)CCC1CC2. The highest BCUT2D eigenvalue weighted by Crippen LogP contribution is 2.48. The molecule has 3 fully saturated rings. The van der Waals surface area contributed by atoms with Gasteiger partial charge in [0.15, 0.2) is 6.10 Å². The van der Waals surface area contributed by atoms with E-state index in [4.69, 9.17) is 14.2 Å². The molecule has 1 unspecified atom stereocenters. The third-order valence-corrected chi connectivity index (χ3v) is 7.31. The molecule has 162 valence electrons. The predicted octanol–water partition coefficient (Wildman–Crippen LogP) is 3.77. The van der Waals surface area contributed by atoms with Crippen LogP contribution in [0.1, 0.15) is 37.8 Å². The molecule has 2 aromatic carbocycles. The van der Waals surface area contributed by atoms with Gasteiger partial charge in [-0.3, -0.25) is 14.1 Å². The number of carbonyl (C=O) groups excluding carboxylic acids is 2. The molecule has 0 aliphatic carbocycles. The maximum atomic E-state index is 13.6. The van der Waals surface area contributed by atoms with Crippen LogP contribution in [0.5, 0.6) is 11.5 Å². The van der Waals surface area contributed by atoms with Gasteiger partial charge in [0, 0.05) is 36.8 Å². The van der Waals surface area contributed by atoms with Gasteiger partial charge in [-0.25, -0.2) is 0 Å². The molecular weight excluding hydrogens is 394 g/mol. The standard InChI is InChI=1S/C25H28NO5/c1-17(27)30-23-15-26(13-11-18(23)12-14-26)16-29-24(28)25(2)19-7-3-5-9-21(19)31-22-10-6-4-8-20(22)25/h3-10,18,23H,11-16H2,1-2H3/q+1. The average Bonchev–Trinajstić information content (AvgIpc) is 2.78. The Balaban J connectivity index is 1.40. The van der Waals surface area contributed by atoms with Crippen molar-refractivity contribution in [1.29, 1.82) is 0 Å². The van der Waals surface area contributed by atoms with Crippen LogP contribution >= 0.6 is 0 Å². The molecule has 0 amide bonds. The molecule has 6 nitrogen and oxygen atoms in total. The van der Waals surface area contributed by atoms with E-state index in [1.54, 1.807) is 0 Å². The number of fused-ring (bicyclic) bond motifs is 5. The first kappa shape index (κ1) is 20.1. The molecule has 1 atom stereocenters. The van der Waals surface area contributed by atoms with E-state index in [0.717, 1.165) is 37.1 Å². The molecule has 0 spiro atoms. The monoisotopic (exact) mass is 422 g/mol. The Kier molecular flexibility index (Phi) is 4.77. The second kappa shape index (κ2) is 7.38. The van der Waals surface area contributed by atoms with Crippen LogP contribution in [-0.2, 0) is 24.5 Å². The van der Waals surface area contributed by atoms with Gasteiger partial charge in [0.05, 0.1) is 13.1 Å². The lowest BCUT2D eigenvalue weighted by Crippen LogP contribution is -2.65. The minimum absolute atomic E-state index is 0.0844. The molecule has 4 heterocycles. The molecule has 0 saturated carbocycles. The molecular formula is C25H28NO5+. The highest BCUT2D eigenvalue weighted by molar-refractivity contribution is 5.90. The second-order valence-electron chi connectivity index (χ2n) is 9.24. The van der Waals surface area contributed by atoms with Crippen LogP contribution in [0.2, 0.25) is 0 Å². The van der Waals surface area contributed by atoms with Crippen LogP contribution in [-0.4, -0.2) is 48.9 Å². The molecule has 0 aromatic heterocycles. The van der Waals surface area contributed by atoms with Gasteiger partial charge in [-0.1, -0.05) is 36.4 Å². The molecule has 31 heavy (non-hydrogen) atoms. The molecule has 6 heteroatoms. The first-order valence-corrected chi connectivity index (χ1v) is 11.0. The number of carbonyl (C=O) groups is 2. The summed E-state index contributed by atoms with van der Waals surface area (Å²) in [5.74, 6) is 1.27. The van der Waals surface area contributed by atoms with Crippen molar-refractivity contribution >= 4 is 11.9 Å². The van der Waals surface area contributed by atoms with Crippen LogP contribution in [0.4, 0.5) is 0 Å². The largest absolute Gasteiger partial charge is 0.457 e. The van der Waals surface area contributed by atoms with Crippen molar-refractivity contribution in [3.05, 3.63) is 59.7 Å². The summed E-state index contributed by atoms with van der Waals surface area (Å²) in [7, 11) is 0. The summed E-state index contributed by atoms with van der Waals surface area (Å²) in [6.45, 7) is 6.28. The van der Waals surface area contributed by atoms with Crippen molar-refractivity contribution in [2.45, 2.75) is 38.2 Å². The number of piperidine rings is 3. The highest BCUT2D eigenvalue weighted by Gasteiger charge is 2.50. The highest BCUT2D eigenvalue weighted by atomic mass is 16.6. The summed E-state index contributed by atoms with van der Waals surface area (Å²) in [6, 6.07) is 15.3. The number of nitrogens with zero attached hydrogens (tertiary/aromatic N) is 1. The molecule has 2 aromatic rings. The van der Waals surface area contributed by atoms with Gasteiger partial charge in [-0.15, -0.1) is 0 Å². The molecule has 4 aliphatic rings. The van der Waals surface area contributed by atoms with Gasteiger partial charge < -0.3 is 14.2 Å². The number of rotatable bonds is 4. The maximum Gasteiger partial charge on any atom is 0.325 e. The van der Waals surface area contributed by atoms with E-state index in [9.17, 15) is 9.59 Å². The number of hydrogen-bond donors (Lipinski definition) is 0. The lowest BCUT2D eigenvalue weighted by atomic mass is 9.74. The first-order chi connectivity index (χ1) is 14.9. The summed E-state index contributed by atoms with van der Waals surface area (Å²) in [6.07, 6.45) is 1.90. The van der Waals surface area contributed by atoms with Crippen molar-refractivity contribution in [3.8, 4) is 11.5 Å². The van der Waals surface area contributed by atoms with Crippen molar-refractivity contribution in [3.63, 3.8) is 0 Å². The number of quaternary nitrogens is 1. The Hall–Kier alpha value is -2.86. The van der Waals surface area contributed by atoms with Gasteiger partial charge in [0.2, 0.25) is 6.73 Å². The van der Waals surface area contributed by atoms with E-state index < -0.39 is 5.41 Å². The predicted molar refractivity (Wildman–Crippen MR) is 114 cm³/mol. The lowest BCUT2D eigenvalue weighted by Gasteiger charge is -2.51. The van der Waals surface area contributed by atoms with E-state index in [0.29, 0.717) is 35.2 Å². The van der Waals surface area contributed by atoms with Crippen molar-refractivity contribution in [2.75, 3.05) is 26.4 Å². The summed E-state index contributed by atoms with van der Waals surface area (Å²) >= 11 is 0. The molecule has 4 aliphatic heterocycles. The third kappa shape index (κ3) is 3.30. The van der Waals surface area contributed by atoms with Crippen LogP contribution in [0.3, 0.4) is 0 Å². The topological polar surface area (TPSA) is 61.8 Å². The molecule has 0 radical (unpaired) electrons. The second-order valence-corrected chi connectivity index (χ2v) is 9.24. The van der Waals surface area contributed by atoms with Gasteiger partial charge in [0.25, 0.3) is 0 Å². The summed E-state index contributed by atoms with van der Waals surface area (Å²) in [5.41, 5.74) is 0.676. The summed E-state index contributed by atoms with van der Waals surface area (Å²) in [4.78, 5) is 25.2. The van der Waals surface area contributed by atoms with E-state index in [1.165, 1.54) is 6.92 Å². The Labute approximate surface area is 182 Å². The van der Waals surface area contributed by atoms with E-state index >= 15 is 0 Å². The summed E-state index contributed by atoms with van der Waals surface area (Å²) < 4.78 is 18.3. The van der Waals surface area contributed by atoms with Crippen LogP contribution in [0.15, 0.2) is 48.5 Å². The smallest absolute Gasteiger partial charge is 0.325 e. The maximum absolute atomic E-state index is 13.6. The molecule has 2 bridgehead atoms. The number of hydrogen-bond acceptors (Lipinski definition) is 5. The zero-order valence-electron chi connectivity index (χ0n) is 18.0. The molecule has 0 N–H and O–H groups in total. The van der Waals surface area contributed by atoms with Gasteiger partial charge >= 0.3 is 11.9 Å². The van der Waals surface area contributed by atoms with Gasteiger partial charge in [-0.2, -0.15) is 0 Å². The third-order valence-electron chi connectivity index (χ3n) is 7.31. The van der Waals surface area contributed by atoms with E-state index in [2.05, 4.69) is 0 Å². The number of para-hydroxylation sites is 2. The Morgan fingerprint density at radius 2 is 1.61 bits per heavy atom. The minimum Gasteiger partial charge on any atom is -0.457 e. The summed E-state index contributed by atoms with van der Waals surface area (Å²) in [5, 5.41) is 0. The van der Waals surface area contributed by atoms with Crippen molar-refractivity contribution in [1.82, 2.24) is 0 Å². The number of ether oxygens (including phenoxy) is 3. The minimum atomic E-state index is -0.951. The number of esters is 2. The van der Waals surface area contributed by atoms with Crippen LogP contribution in [0, 0.1) is 5.92 Å². The molecule has 3 saturated heterocycles. The Bertz CT molecular complexity index is 979. The first-order valence-electron chi connectivity index (χ1n) is 11.0. The lowest BCUT2D eigenvalue weighted by molar-refractivity contribution is -0.960. The van der Waals surface area contributed by atoms with Crippen molar-refractivity contribution in [2.24, 2.45) is 5.92 Å². The van der Waals surface area contributed by atoms with E-state index in [1.807, 2.05) is 55.5 Å². The number of benzene rings is 2. The average molecular weight is 423 g/mol. The fourth-order valence-corrected chi connectivity index (χ4v) is 5.51. The Morgan fingerprint density at radius 3 is 2.19 bits per heavy atom. The van der Waals surface area contributed by atoms with Gasteiger partial charge in [0.1, 0.15) is 23.5 Å². The van der Waals surface area contributed by atoms with Crippen molar-refractivity contribution < 1.29 is 28.3 Å². The zero-order valence-corrected chi connectivity index (χ0v) is 18.0. The normalized spacial score (nSPS) is 27.4. The zero-order chi connectivity index (χ0) is 21.6. The fraction of sp³-hybridized carbons (Fsp3) is 0.440.